The Morgan fingerprint density at radius 1 is 0.947 bits per heavy atom. The van der Waals surface area contributed by atoms with Gasteiger partial charge in [-0.2, -0.15) is 0 Å². The summed E-state index contributed by atoms with van der Waals surface area (Å²) in [6, 6.07) is 17.1. The fourth-order valence-electron chi connectivity index (χ4n) is 3.29. The molecular weight excluding hydrogens is 234 g/mol. The van der Waals surface area contributed by atoms with Crippen molar-refractivity contribution in [1.82, 2.24) is 0 Å². The monoisotopic (exact) mass is 253 g/mol. The second kappa shape index (κ2) is 5.16. The predicted octanol–water partition coefficient (Wildman–Crippen LogP) is 2.76. The van der Waals surface area contributed by atoms with E-state index in [0.29, 0.717) is 18.4 Å². The van der Waals surface area contributed by atoms with E-state index in [2.05, 4.69) is 48.5 Å². The van der Waals surface area contributed by atoms with Gasteiger partial charge in [0.1, 0.15) is 0 Å². The smallest absolute Gasteiger partial charge is 0.0434 e. The standard InChI is InChI=1S/C17H19NO/c18-11-12(9-10-19)17-15-7-3-1-5-13(15)14-6-2-4-8-16(14)17/h1-8,12,17,19H,9-11,18H2/t12-/m1/s1. The molecule has 2 heteroatoms. The van der Waals surface area contributed by atoms with Crippen molar-refractivity contribution in [3.8, 4) is 11.1 Å². The van der Waals surface area contributed by atoms with Crippen LogP contribution in [0, 0.1) is 5.92 Å². The van der Waals surface area contributed by atoms with Crippen molar-refractivity contribution >= 4 is 0 Å². The molecular formula is C17H19NO. The Labute approximate surface area is 113 Å². The van der Waals surface area contributed by atoms with Gasteiger partial charge in [-0.15, -0.1) is 0 Å². The van der Waals surface area contributed by atoms with E-state index >= 15 is 0 Å². The van der Waals surface area contributed by atoms with E-state index in [0.717, 1.165) is 6.42 Å². The van der Waals surface area contributed by atoms with Gasteiger partial charge >= 0.3 is 0 Å². The highest BCUT2D eigenvalue weighted by Gasteiger charge is 2.32. The zero-order valence-corrected chi connectivity index (χ0v) is 10.9. The van der Waals surface area contributed by atoms with E-state index in [-0.39, 0.29) is 6.61 Å². The van der Waals surface area contributed by atoms with Gasteiger partial charge in [-0.25, -0.2) is 0 Å². The van der Waals surface area contributed by atoms with E-state index in [4.69, 9.17) is 5.73 Å². The van der Waals surface area contributed by atoms with Gasteiger partial charge in [-0.05, 0) is 41.1 Å². The molecule has 2 aromatic rings. The van der Waals surface area contributed by atoms with E-state index in [1.807, 2.05) is 0 Å². The summed E-state index contributed by atoms with van der Waals surface area (Å²) in [5, 5.41) is 9.27. The molecule has 0 aliphatic heterocycles. The number of rotatable bonds is 4. The van der Waals surface area contributed by atoms with Crippen molar-refractivity contribution in [2.24, 2.45) is 11.7 Å². The van der Waals surface area contributed by atoms with Crippen LogP contribution in [0.4, 0.5) is 0 Å². The number of aliphatic hydroxyl groups excluding tert-OH is 1. The zero-order valence-electron chi connectivity index (χ0n) is 10.9. The summed E-state index contributed by atoms with van der Waals surface area (Å²) < 4.78 is 0. The third-order valence-electron chi connectivity index (χ3n) is 4.16. The molecule has 0 aromatic heterocycles. The average molecular weight is 253 g/mol. The minimum absolute atomic E-state index is 0.197. The van der Waals surface area contributed by atoms with Crippen LogP contribution in [0.1, 0.15) is 23.5 Å². The summed E-state index contributed by atoms with van der Waals surface area (Å²) in [6.07, 6.45) is 0.754. The summed E-state index contributed by atoms with van der Waals surface area (Å²) in [5.41, 5.74) is 11.3. The summed E-state index contributed by atoms with van der Waals surface area (Å²) in [7, 11) is 0. The maximum atomic E-state index is 9.27. The van der Waals surface area contributed by atoms with Gasteiger partial charge in [-0.3, -0.25) is 0 Å². The SMILES string of the molecule is NC[C@@H](CCO)C1c2ccccc2-c2ccccc21. The molecule has 2 nitrogen and oxygen atoms in total. The normalized spacial score (nSPS) is 15.1. The molecule has 0 bridgehead atoms. The second-order valence-corrected chi connectivity index (χ2v) is 5.16. The Morgan fingerprint density at radius 2 is 1.47 bits per heavy atom. The first-order chi connectivity index (χ1) is 9.36. The minimum Gasteiger partial charge on any atom is -0.396 e. The number of hydrogen-bond donors (Lipinski definition) is 2. The van der Waals surface area contributed by atoms with E-state index in [9.17, 15) is 5.11 Å². The molecule has 0 unspecified atom stereocenters. The first kappa shape index (κ1) is 12.4. The summed E-state index contributed by atoms with van der Waals surface area (Å²) in [5.74, 6) is 0.624. The number of hydrogen-bond acceptors (Lipinski definition) is 2. The third-order valence-corrected chi connectivity index (χ3v) is 4.16. The highest BCUT2D eigenvalue weighted by molar-refractivity contribution is 5.78. The van der Waals surface area contributed by atoms with Crippen LogP contribution >= 0.6 is 0 Å². The molecule has 0 radical (unpaired) electrons. The lowest BCUT2D eigenvalue weighted by Crippen LogP contribution is -2.22. The fraction of sp³-hybridized carbons (Fsp3) is 0.294. The highest BCUT2D eigenvalue weighted by atomic mass is 16.3. The van der Waals surface area contributed by atoms with Crippen LogP contribution in [0.15, 0.2) is 48.5 Å². The van der Waals surface area contributed by atoms with Crippen molar-refractivity contribution in [2.45, 2.75) is 12.3 Å². The maximum absolute atomic E-state index is 9.27. The average Bonchev–Trinajstić information content (AvgIpc) is 2.80. The second-order valence-electron chi connectivity index (χ2n) is 5.16. The maximum Gasteiger partial charge on any atom is 0.0434 e. The molecule has 0 saturated heterocycles. The molecule has 3 N–H and O–H groups in total. The van der Waals surface area contributed by atoms with Gasteiger partial charge in [0.15, 0.2) is 0 Å². The molecule has 0 amide bonds. The number of aliphatic hydroxyl groups is 1. The predicted molar refractivity (Wildman–Crippen MR) is 78.0 cm³/mol. The molecule has 0 saturated carbocycles. The number of fused-ring (bicyclic) bond motifs is 3. The van der Waals surface area contributed by atoms with Crippen molar-refractivity contribution in [1.29, 1.82) is 0 Å². The Balaban J connectivity index is 2.14. The van der Waals surface area contributed by atoms with Gasteiger partial charge in [0.05, 0.1) is 0 Å². The lowest BCUT2D eigenvalue weighted by atomic mass is 9.82. The Hall–Kier alpha value is -1.64. The van der Waals surface area contributed by atoms with Gasteiger partial charge in [0.2, 0.25) is 0 Å². The van der Waals surface area contributed by atoms with Gasteiger partial charge in [0, 0.05) is 12.5 Å². The van der Waals surface area contributed by atoms with E-state index in [1.165, 1.54) is 22.3 Å². The van der Waals surface area contributed by atoms with Crippen LogP contribution in [-0.4, -0.2) is 18.3 Å². The number of nitrogens with two attached hydrogens (primary N) is 1. The molecule has 0 spiro atoms. The molecule has 0 heterocycles. The van der Waals surface area contributed by atoms with Gasteiger partial charge < -0.3 is 10.8 Å². The van der Waals surface area contributed by atoms with Crippen LogP contribution in [0.2, 0.25) is 0 Å². The van der Waals surface area contributed by atoms with Crippen LogP contribution in [-0.2, 0) is 0 Å². The zero-order chi connectivity index (χ0) is 13.2. The minimum atomic E-state index is 0.197. The summed E-state index contributed by atoms with van der Waals surface area (Å²) in [6.45, 7) is 0.802. The molecule has 98 valence electrons. The third kappa shape index (κ3) is 1.97. The van der Waals surface area contributed by atoms with Crippen molar-refractivity contribution in [2.75, 3.05) is 13.2 Å². The first-order valence-corrected chi connectivity index (χ1v) is 6.86. The number of benzene rings is 2. The summed E-state index contributed by atoms with van der Waals surface area (Å²) in [4.78, 5) is 0. The quantitative estimate of drug-likeness (QED) is 0.880. The van der Waals surface area contributed by atoms with Crippen molar-refractivity contribution in [3.63, 3.8) is 0 Å². The van der Waals surface area contributed by atoms with Gasteiger partial charge in [-0.1, -0.05) is 48.5 Å². The molecule has 1 aliphatic carbocycles. The largest absolute Gasteiger partial charge is 0.396 e. The molecule has 2 aromatic carbocycles. The molecule has 0 fully saturated rings. The fourth-order valence-corrected chi connectivity index (χ4v) is 3.29. The lowest BCUT2D eigenvalue weighted by Gasteiger charge is -2.23. The molecule has 19 heavy (non-hydrogen) atoms. The van der Waals surface area contributed by atoms with Crippen LogP contribution in [0.5, 0.6) is 0 Å². The van der Waals surface area contributed by atoms with E-state index in [1.54, 1.807) is 0 Å². The Kier molecular flexibility index (Phi) is 3.36. The van der Waals surface area contributed by atoms with Gasteiger partial charge in [0.25, 0.3) is 0 Å². The first-order valence-electron chi connectivity index (χ1n) is 6.86. The highest BCUT2D eigenvalue weighted by Crippen LogP contribution is 2.48. The molecule has 1 atom stereocenters. The van der Waals surface area contributed by atoms with Crippen molar-refractivity contribution in [3.05, 3.63) is 59.7 Å². The topological polar surface area (TPSA) is 46.2 Å². The Bertz CT molecular complexity index is 533. The van der Waals surface area contributed by atoms with Crippen LogP contribution < -0.4 is 5.73 Å². The molecule has 3 rings (SSSR count). The van der Waals surface area contributed by atoms with E-state index < -0.39 is 0 Å². The van der Waals surface area contributed by atoms with Crippen molar-refractivity contribution < 1.29 is 5.11 Å². The Morgan fingerprint density at radius 3 is 1.95 bits per heavy atom. The lowest BCUT2D eigenvalue weighted by molar-refractivity contribution is 0.251. The molecule has 1 aliphatic rings. The van der Waals surface area contributed by atoms with Crippen LogP contribution in [0.3, 0.4) is 0 Å². The van der Waals surface area contributed by atoms with Crippen LogP contribution in [0.25, 0.3) is 11.1 Å². The summed E-state index contributed by atoms with van der Waals surface area (Å²) >= 11 is 0.